The van der Waals surface area contributed by atoms with Crippen molar-refractivity contribution in [2.45, 2.75) is 11.8 Å². The molecule has 0 unspecified atom stereocenters. The predicted molar refractivity (Wildman–Crippen MR) is 86.5 cm³/mol. The van der Waals surface area contributed by atoms with Gasteiger partial charge in [-0.05, 0) is 42.8 Å². The summed E-state index contributed by atoms with van der Waals surface area (Å²) in [6.07, 6.45) is 0. The van der Waals surface area contributed by atoms with Gasteiger partial charge in [0.05, 0.1) is 0 Å². The first kappa shape index (κ1) is 18.2. The average molecular weight is 373 g/mol. The second-order valence-electron chi connectivity index (χ2n) is 4.83. The van der Waals surface area contributed by atoms with Gasteiger partial charge in [-0.15, -0.1) is 4.83 Å². The second kappa shape index (κ2) is 7.61. The maximum absolute atomic E-state index is 13.6. The summed E-state index contributed by atoms with van der Waals surface area (Å²) >= 11 is 5.56. The molecule has 0 aliphatic carbocycles. The Labute approximate surface area is 143 Å². The maximum Gasteiger partial charge on any atom is 0.272 e. The van der Waals surface area contributed by atoms with Crippen molar-refractivity contribution < 1.29 is 22.3 Å². The molecule has 0 radical (unpaired) electrons. The highest BCUT2D eigenvalue weighted by molar-refractivity contribution is 7.89. The normalized spacial score (nSPS) is 11.1. The van der Waals surface area contributed by atoms with Gasteiger partial charge in [0.25, 0.3) is 15.9 Å². The third-order valence-corrected chi connectivity index (χ3v) is 4.38. The Morgan fingerprint density at radius 1 is 1.25 bits per heavy atom. The summed E-state index contributed by atoms with van der Waals surface area (Å²) in [5.41, 5.74) is 2.90. The fourth-order valence-corrected chi connectivity index (χ4v) is 2.84. The number of aryl methyl sites for hydroxylation is 1. The van der Waals surface area contributed by atoms with E-state index < -0.39 is 33.3 Å². The summed E-state index contributed by atoms with van der Waals surface area (Å²) in [6.45, 7) is 1.46. The van der Waals surface area contributed by atoms with Gasteiger partial charge in [-0.25, -0.2) is 12.8 Å². The minimum atomic E-state index is -4.26. The van der Waals surface area contributed by atoms with Gasteiger partial charge in [0, 0.05) is 5.02 Å². The lowest BCUT2D eigenvalue weighted by molar-refractivity contribution is -0.123. The molecular formula is C15H14ClFN2O4S. The van der Waals surface area contributed by atoms with Crippen LogP contribution in [0.25, 0.3) is 0 Å². The Hall–Kier alpha value is -2.16. The van der Waals surface area contributed by atoms with Gasteiger partial charge in [-0.3, -0.25) is 10.2 Å². The molecule has 0 saturated carbocycles. The lowest BCUT2D eigenvalue weighted by Crippen LogP contribution is -2.43. The number of hydrogen-bond donors (Lipinski definition) is 2. The van der Waals surface area contributed by atoms with Crippen LogP contribution in [0.3, 0.4) is 0 Å². The van der Waals surface area contributed by atoms with Gasteiger partial charge in [0.15, 0.2) is 6.61 Å². The summed E-state index contributed by atoms with van der Waals surface area (Å²) in [5, 5.41) is 0.0574. The number of carbonyl (C=O) groups excluding carboxylic acids is 1. The van der Waals surface area contributed by atoms with E-state index in [2.05, 4.69) is 0 Å². The molecule has 9 heteroatoms. The van der Waals surface area contributed by atoms with Crippen LogP contribution in [-0.4, -0.2) is 20.9 Å². The summed E-state index contributed by atoms with van der Waals surface area (Å²) in [7, 11) is -4.26. The van der Waals surface area contributed by atoms with E-state index in [4.69, 9.17) is 16.3 Å². The number of benzene rings is 2. The van der Waals surface area contributed by atoms with E-state index >= 15 is 0 Å². The summed E-state index contributed by atoms with van der Waals surface area (Å²) in [5.74, 6) is -1.30. The molecule has 0 aliphatic rings. The summed E-state index contributed by atoms with van der Waals surface area (Å²) in [4.78, 5) is 12.8. The number of ether oxygens (including phenoxy) is 1. The van der Waals surface area contributed by atoms with Gasteiger partial charge in [0.1, 0.15) is 16.5 Å². The Morgan fingerprint density at radius 2 is 2.00 bits per heavy atom. The molecule has 2 N–H and O–H groups in total. The standard InChI is InChI=1S/C15H14ClFN2O4S/c1-10-3-2-4-12(7-10)23-9-15(20)18-19-24(21,22)14-6-5-11(16)8-13(14)17/h2-8,19H,9H2,1H3,(H,18,20). The van der Waals surface area contributed by atoms with E-state index in [1.54, 1.807) is 23.0 Å². The zero-order valence-electron chi connectivity index (χ0n) is 12.5. The molecule has 0 spiro atoms. The summed E-state index contributed by atoms with van der Waals surface area (Å²) < 4.78 is 42.7. The van der Waals surface area contributed by atoms with Gasteiger partial charge in [0.2, 0.25) is 0 Å². The zero-order chi connectivity index (χ0) is 17.7. The van der Waals surface area contributed by atoms with Gasteiger partial charge in [-0.2, -0.15) is 0 Å². The highest BCUT2D eigenvalue weighted by Gasteiger charge is 2.20. The van der Waals surface area contributed by atoms with Crippen molar-refractivity contribution in [2.75, 3.05) is 6.61 Å². The molecule has 0 bridgehead atoms. The Bertz CT molecular complexity index is 858. The molecule has 0 atom stereocenters. The van der Waals surface area contributed by atoms with Gasteiger partial charge in [-0.1, -0.05) is 23.7 Å². The predicted octanol–water partition coefficient (Wildman–Crippen LogP) is 2.18. The Balaban J connectivity index is 1.93. The minimum Gasteiger partial charge on any atom is -0.484 e. The van der Waals surface area contributed by atoms with E-state index in [1.807, 2.05) is 18.4 Å². The highest BCUT2D eigenvalue weighted by Crippen LogP contribution is 2.18. The third kappa shape index (κ3) is 4.92. The molecule has 2 aromatic carbocycles. The number of hydrazine groups is 1. The van der Waals surface area contributed by atoms with Crippen molar-refractivity contribution >= 4 is 27.5 Å². The number of amides is 1. The van der Waals surface area contributed by atoms with Crippen molar-refractivity contribution in [1.82, 2.24) is 10.3 Å². The van der Waals surface area contributed by atoms with Crippen LogP contribution in [0.15, 0.2) is 47.4 Å². The number of halogens is 2. The lowest BCUT2D eigenvalue weighted by atomic mass is 10.2. The number of sulfonamides is 1. The van der Waals surface area contributed by atoms with Crippen LogP contribution in [0, 0.1) is 12.7 Å². The molecule has 24 heavy (non-hydrogen) atoms. The van der Waals surface area contributed by atoms with Crippen molar-refractivity contribution in [3.8, 4) is 5.75 Å². The minimum absolute atomic E-state index is 0.0574. The second-order valence-corrected chi connectivity index (χ2v) is 6.92. The van der Waals surface area contributed by atoms with Crippen molar-refractivity contribution in [1.29, 1.82) is 0 Å². The third-order valence-electron chi connectivity index (χ3n) is 2.87. The topological polar surface area (TPSA) is 84.5 Å². The van der Waals surface area contributed by atoms with E-state index in [9.17, 15) is 17.6 Å². The van der Waals surface area contributed by atoms with Crippen LogP contribution in [0.5, 0.6) is 5.75 Å². The molecule has 2 rings (SSSR count). The summed E-state index contributed by atoms with van der Waals surface area (Å²) in [6, 6.07) is 10.1. The molecule has 0 aromatic heterocycles. The highest BCUT2D eigenvalue weighted by atomic mass is 35.5. The Morgan fingerprint density at radius 3 is 2.67 bits per heavy atom. The first-order chi connectivity index (χ1) is 11.3. The zero-order valence-corrected chi connectivity index (χ0v) is 14.1. The molecular weight excluding hydrogens is 359 g/mol. The number of carbonyl (C=O) groups is 1. The monoisotopic (exact) mass is 372 g/mol. The largest absolute Gasteiger partial charge is 0.484 e. The van der Waals surface area contributed by atoms with Gasteiger partial charge < -0.3 is 4.74 Å². The van der Waals surface area contributed by atoms with Crippen LogP contribution in [0.2, 0.25) is 5.02 Å². The maximum atomic E-state index is 13.6. The van der Waals surface area contributed by atoms with Crippen molar-refractivity contribution in [3.05, 3.63) is 58.9 Å². The van der Waals surface area contributed by atoms with Crippen molar-refractivity contribution in [3.63, 3.8) is 0 Å². The van der Waals surface area contributed by atoms with Gasteiger partial charge >= 0.3 is 0 Å². The quantitative estimate of drug-likeness (QED) is 0.761. The fraction of sp³-hybridized carbons (Fsp3) is 0.133. The molecule has 128 valence electrons. The van der Waals surface area contributed by atoms with Crippen molar-refractivity contribution in [2.24, 2.45) is 0 Å². The molecule has 0 heterocycles. The smallest absolute Gasteiger partial charge is 0.272 e. The SMILES string of the molecule is Cc1cccc(OCC(=O)NNS(=O)(=O)c2ccc(Cl)cc2F)c1. The molecule has 0 aliphatic heterocycles. The van der Waals surface area contributed by atoms with Crippen LogP contribution < -0.4 is 15.0 Å². The molecule has 6 nitrogen and oxygen atoms in total. The molecule has 0 fully saturated rings. The van der Waals surface area contributed by atoms with Crippen LogP contribution in [0.1, 0.15) is 5.56 Å². The number of hydrogen-bond acceptors (Lipinski definition) is 4. The first-order valence-corrected chi connectivity index (χ1v) is 8.59. The average Bonchev–Trinajstić information content (AvgIpc) is 2.51. The van der Waals surface area contributed by atoms with E-state index in [1.165, 1.54) is 6.07 Å². The van der Waals surface area contributed by atoms with E-state index in [0.717, 1.165) is 17.7 Å². The lowest BCUT2D eigenvalue weighted by Gasteiger charge is -2.10. The van der Waals surface area contributed by atoms with Crippen LogP contribution in [0.4, 0.5) is 4.39 Å². The molecule has 0 saturated heterocycles. The van der Waals surface area contributed by atoms with Crippen LogP contribution >= 0.6 is 11.6 Å². The van der Waals surface area contributed by atoms with E-state index in [0.29, 0.717) is 5.75 Å². The molecule has 2 aromatic rings. The number of rotatable bonds is 6. The first-order valence-electron chi connectivity index (χ1n) is 6.73. The number of nitrogens with one attached hydrogen (secondary N) is 2. The Kier molecular flexibility index (Phi) is 5.76. The van der Waals surface area contributed by atoms with E-state index in [-0.39, 0.29) is 5.02 Å². The molecule has 1 amide bonds. The van der Waals surface area contributed by atoms with Crippen LogP contribution in [-0.2, 0) is 14.8 Å². The fourth-order valence-electron chi connectivity index (χ4n) is 1.76.